The zero-order valence-electron chi connectivity index (χ0n) is 10.6. The Morgan fingerprint density at radius 3 is 2.81 bits per heavy atom. The topological polar surface area (TPSA) is 94.1 Å². The minimum atomic E-state index is -0.564. The first-order valence-corrected chi connectivity index (χ1v) is 7.21. The first-order valence-electron chi connectivity index (χ1n) is 5.64. The SMILES string of the molecule is CCOC(=O)c1cnc(NC(=O)c2cc(Cl)nc(Cl)n2)s1. The predicted molar refractivity (Wildman–Crippen MR) is 78.1 cm³/mol. The van der Waals surface area contributed by atoms with Crippen molar-refractivity contribution in [3.63, 3.8) is 0 Å². The Hall–Kier alpha value is -1.77. The number of ether oxygens (including phenoxy) is 1. The average Bonchev–Trinajstić information content (AvgIpc) is 2.86. The van der Waals surface area contributed by atoms with Gasteiger partial charge in [-0.15, -0.1) is 0 Å². The van der Waals surface area contributed by atoms with Crippen molar-refractivity contribution in [2.75, 3.05) is 11.9 Å². The summed E-state index contributed by atoms with van der Waals surface area (Å²) < 4.78 is 4.83. The summed E-state index contributed by atoms with van der Waals surface area (Å²) in [5.41, 5.74) is -0.00659. The van der Waals surface area contributed by atoms with Gasteiger partial charge in [0.2, 0.25) is 5.28 Å². The van der Waals surface area contributed by atoms with Crippen LogP contribution in [0.1, 0.15) is 27.1 Å². The molecule has 0 aromatic carbocycles. The smallest absolute Gasteiger partial charge is 0.350 e. The Kier molecular flexibility index (Phi) is 5.05. The Labute approximate surface area is 133 Å². The van der Waals surface area contributed by atoms with Crippen molar-refractivity contribution in [2.24, 2.45) is 0 Å². The molecule has 0 aliphatic rings. The van der Waals surface area contributed by atoms with E-state index in [1.807, 2.05) is 0 Å². The summed E-state index contributed by atoms with van der Waals surface area (Å²) in [6, 6.07) is 1.27. The van der Waals surface area contributed by atoms with E-state index in [0.29, 0.717) is 0 Å². The summed E-state index contributed by atoms with van der Waals surface area (Å²) >= 11 is 12.3. The molecule has 7 nitrogen and oxygen atoms in total. The number of anilines is 1. The molecule has 2 aromatic rings. The van der Waals surface area contributed by atoms with Gasteiger partial charge in [0.05, 0.1) is 12.8 Å². The molecular formula is C11H8Cl2N4O3S. The lowest BCUT2D eigenvalue weighted by molar-refractivity contribution is 0.0531. The zero-order valence-corrected chi connectivity index (χ0v) is 12.9. The van der Waals surface area contributed by atoms with Crippen LogP contribution in [0.4, 0.5) is 5.13 Å². The number of nitrogens with one attached hydrogen (secondary N) is 1. The summed E-state index contributed by atoms with van der Waals surface area (Å²) in [5, 5.41) is 2.62. The van der Waals surface area contributed by atoms with Crippen LogP contribution in [-0.4, -0.2) is 33.4 Å². The summed E-state index contributed by atoms with van der Waals surface area (Å²) in [6.07, 6.45) is 1.32. The standard InChI is InChI=1S/C11H8Cl2N4O3S/c1-2-20-9(19)6-4-14-11(21-6)17-8(18)5-3-7(12)16-10(13)15-5/h3-4H,2H2,1H3,(H,14,17,18). The number of esters is 1. The highest BCUT2D eigenvalue weighted by Gasteiger charge is 2.15. The Bertz CT molecular complexity index is 672. The van der Waals surface area contributed by atoms with Crippen LogP contribution in [0, 0.1) is 0 Å². The molecule has 10 heteroatoms. The van der Waals surface area contributed by atoms with Crippen LogP contribution in [0.5, 0.6) is 0 Å². The van der Waals surface area contributed by atoms with Gasteiger partial charge in [-0.1, -0.05) is 22.9 Å². The number of rotatable bonds is 4. The number of amides is 1. The fourth-order valence-corrected chi connectivity index (χ4v) is 2.41. The second-order valence-corrected chi connectivity index (χ2v) is 5.31. The van der Waals surface area contributed by atoms with E-state index in [9.17, 15) is 9.59 Å². The number of carbonyl (C=O) groups excluding carboxylic acids is 2. The van der Waals surface area contributed by atoms with Gasteiger partial charge < -0.3 is 4.74 Å². The molecule has 0 saturated carbocycles. The normalized spacial score (nSPS) is 10.2. The molecule has 110 valence electrons. The van der Waals surface area contributed by atoms with Gasteiger partial charge in [-0.3, -0.25) is 10.1 Å². The fraction of sp³-hybridized carbons (Fsp3) is 0.182. The Morgan fingerprint density at radius 2 is 2.14 bits per heavy atom. The van der Waals surface area contributed by atoms with E-state index in [1.165, 1.54) is 12.3 Å². The fourth-order valence-electron chi connectivity index (χ4n) is 1.30. The van der Waals surface area contributed by atoms with Crippen molar-refractivity contribution in [3.8, 4) is 0 Å². The number of nitrogens with zero attached hydrogens (tertiary/aromatic N) is 3. The molecule has 2 rings (SSSR count). The van der Waals surface area contributed by atoms with E-state index < -0.39 is 11.9 Å². The van der Waals surface area contributed by atoms with Crippen molar-refractivity contribution in [1.82, 2.24) is 15.0 Å². The van der Waals surface area contributed by atoms with Crippen LogP contribution in [-0.2, 0) is 4.74 Å². The van der Waals surface area contributed by atoms with Gasteiger partial charge in [0.25, 0.3) is 5.91 Å². The minimum absolute atomic E-state index is 0.00659. The third-order valence-corrected chi connectivity index (χ3v) is 3.36. The van der Waals surface area contributed by atoms with E-state index in [0.717, 1.165) is 11.3 Å². The summed E-state index contributed by atoms with van der Waals surface area (Å²) in [4.78, 5) is 35.0. The van der Waals surface area contributed by atoms with E-state index in [4.69, 9.17) is 27.9 Å². The third kappa shape index (κ3) is 4.10. The van der Waals surface area contributed by atoms with Crippen molar-refractivity contribution >= 4 is 51.5 Å². The molecule has 2 heterocycles. The van der Waals surface area contributed by atoms with Crippen LogP contribution < -0.4 is 5.32 Å². The first kappa shape index (κ1) is 15.6. The Morgan fingerprint density at radius 1 is 1.38 bits per heavy atom. The van der Waals surface area contributed by atoms with Crippen molar-refractivity contribution in [1.29, 1.82) is 0 Å². The van der Waals surface area contributed by atoms with E-state index in [-0.39, 0.29) is 32.7 Å². The van der Waals surface area contributed by atoms with Crippen LogP contribution in [0.25, 0.3) is 0 Å². The molecule has 0 spiro atoms. The van der Waals surface area contributed by atoms with E-state index in [2.05, 4.69) is 20.3 Å². The maximum Gasteiger partial charge on any atom is 0.350 e. The van der Waals surface area contributed by atoms with Crippen molar-refractivity contribution < 1.29 is 14.3 Å². The maximum atomic E-state index is 12.0. The second-order valence-electron chi connectivity index (χ2n) is 3.55. The summed E-state index contributed by atoms with van der Waals surface area (Å²) in [7, 11) is 0. The number of hydrogen-bond acceptors (Lipinski definition) is 7. The highest BCUT2D eigenvalue weighted by molar-refractivity contribution is 7.17. The second kappa shape index (κ2) is 6.79. The van der Waals surface area contributed by atoms with Gasteiger partial charge in [0.1, 0.15) is 15.7 Å². The predicted octanol–water partition coefficient (Wildman–Crippen LogP) is 2.67. The van der Waals surface area contributed by atoms with Gasteiger partial charge in [0.15, 0.2) is 5.13 Å². The molecule has 0 radical (unpaired) electrons. The molecule has 1 amide bonds. The monoisotopic (exact) mass is 346 g/mol. The minimum Gasteiger partial charge on any atom is -0.462 e. The molecule has 0 saturated heterocycles. The molecule has 0 fully saturated rings. The molecule has 0 atom stereocenters. The molecule has 0 aliphatic heterocycles. The van der Waals surface area contributed by atoms with Crippen molar-refractivity contribution in [3.05, 3.63) is 33.3 Å². The molecule has 1 N–H and O–H groups in total. The molecule has 0 bridgehead atoms. The number of carbonyl (C=O) groups is 2. The lowest BCUT2D eigenvalue weighted by Crippen LogP contribution is -2.14. The van der Waals surface area contributed by atoms with Crippen LogP contribution in [0.2, 0.25) is 10.4 Å². The van der Waals surface area contributed by atoms with E-state index in [1.54, 1.807) is 6.92 Å². The molecular weight excluding hydrogens is 339 g/mol. The first-order chi connectivity index (χ1) is 9.99. The Balaban J connectivity index is 2.11. The number of hydrogen-bond donors (Lipinski definition) is 1. The number of thiazole rings is 1. The maximum absolute atomic E-state index is 12.0. The highest BCUT2D eigenvalue weighted by Crippen LogP contribution is 2.20. The number of aromatic nitrogens is 3. The van der Waals surface area contributed by atoms with Crippen LogP contribution >= 0.6 is 34.5 Å². The van der Waals surface area contributed by atoms with Gasteiger partial charge in [0, 0.05) is 6.07 Å². The molecule has 2 aromatic heterocycles. The average molecular weight is 347 g/mol. The largest absolute Gasteiger partial charge is 0.462 e. The zero-order chi connectivity index (χ0) is 15.4. The molecule has 0 aliphatic carbocycles. The van der Waals surface area contributed by atoms with Crippen LogP contribution in [0.3, 0.4) is 0 Å². The number of halogens is 2. The lowest BCUT2D eigenvalue weighted by Gasteiger charge is -2.01. The summed E-state index contributed by atoms with van der Waals surface area (Å²) in [6.45, 7) is 1.96. The highest BCUT2D eigenvalue weighted by atomic mass is 35.5. The van der Waals surface area contributed by atoms with Crippen molar-refractivity contribution in [2.45, 2.75) is 6.92 Å². The van der Waals surface area contributed by atoms with Gasteiger partial charge >= 0.3 is 5.97 Å². The van der Waals surface area contributed by atoms with Crippen LogP contribution in [0.15, 0.2) is 12.3 Å². The van der Waals surface area contributed by atoms with Gasteiger partial charge in [-0.05, 0) is 18.5 Å². The summed E-state index contributed by atoms with van der Waals surface area (Å²) in [5.74, 6) is -1.06. The third-order valence-electron chi connectivity index (χ3n) is 2.10. The quantitative estimate of drug-likeness (QED) is 0.519. The van der Waals surface area contributed by atoms with Gasteiger partial charge in [-0.2, -0.15) is 0 Å². The lowest BCUT2D eigenvalue weighted by atomic mass is 10.4. The molecule has 0 unspecified atom stereocenters. The van der Waals surface area contributed by atoms with E-state index >= 15 is 0 Å². The molecule has 21 heavy (non-hydrogen) atoms. The van der Waals surface area contributed by atoms with Gasteiger partial charge in [-0.25, -0.2) is 19.7 Å².